The van der Waals surface area contributed by atoms with E-state index in [0.717, 1.165) is 4.90 Å². The second-order valence-corrected chi connectivity index (χ2v) is 5.10. The summed E-state index contributed by atoms with van der Waals surface area (Å²) >= 11 is 0. The zero-order valence-corrected chi connectivity index (χ0v) is 10.8. The zero-order chi connectivity index (χ0) is 14.3. The number of urea groups is 1. The van der Waals surface area contributed by atoms with E-state index in [-0.39, 0.29) is 25.3 Å². The number of hydrogen-bond acceptors (Lipinski definition) is 5. The first-order valence-corrected chi connectivity index (χ1v) is 6.56. The highest BCUT2D eigenvalue weighted by atomic mass is 32.2. The Kier molecular flexibility index (Phi) is 6.34. The molecule has 104 valence electrons. The predicted molar refractivity (Wildman–Crippen MR) is 63.3 cm³/mol. The number of hydrogen-bond donors (Lipinski definition) is 2. The van der Waals surface area contributed by atoms with Crippen molar-refractivity contribution in [1.82, 2.24) is 4.90 Å². The fourth-order valence-electron chi connectivity index (χ4n) is 0.929. The Hall–Kier alpha value is -1.61. The molecule has 0 aromatic heterocycles. The van der Waals surface area contributed by atoms with Crippen molar-refractivity contribution in [2.45, 2.75) is 6.92 Å². The molecule has 0 aliphatic carbocycles. The van der Waals surface area contributed by atoms with Crippen LogP contribution in [-0.2, 0) is 19.6 Å². The van der Waals surface area contributed by atoms with Crippen LogP contribution in [0.15, 0.2) is 12.2 Å². The van der Waals surface area contributed by atoms with E-state index in [1.54, 1.807) is 0 Å². The number of nitrogens with two attached hydrogens (primary N) is 1. The van der Waals surface area contributed by atoms with Crippen LogP contribution in [0.4, 0.5) is 4.79 Å². The molecular formula is C9H16N2O6S. The van der Waals surface area contributed by atoms with E-state index in [4.69, 9.17) is 15.0 Å². The third-order valence-electron chi connectivity index (χ3n) is 1.87. The van der Waals surface area contributed by atoms with Gasteiger partial charge in [-0.05, 0) is 6.92 Å². The van der Waals surface area contributed by atoms with Gasteiger partial charge in [0.2, 0.25) is 0 Å². The molecule has 0 aromatic carbocycles. The molecule has 9 heteroatoms. The van der Waals surface area contributed by atoms with Gasteiger partial charge in [-0.1, -0.05) is 6.58 Å². The molecule has 0 saturated heterocycles. The molecule has 0 unspecified atom stereocenters. The van der Waals surface area contributed by atoms with Crippen LogP contribution in [0.5, 0.6) is 0 Å². The lowest BCUT2D eigenvalue weighted by Crippen LogP contribution is -2.41. The highest BCUT2D eigenvalue weighted by Gasteiger charge is 2.14. The van der Waals surface area contributed by atoms with E-state index in [2.05, 4.69) is 6.58 Å². The minimum absolute atomic E-state index is 0.0656. The molecule has 0 aliphatic heterocycles. The van der Waals surface area contributed by atoms with Gasteiger partial charge < -0.3 is 15.4 Å². The fourth-order valence-corrected chi connectivity index (χ4v) is 1.38. The quantitative estimate of drug-likeness (QED) is 0.363. The zero-order valence-electron chi connectivity index (χ0n) is 9.96. The summed E-state index contributed by atoms with van der Waals surface area (Å²) in [5.41, 5.74) is 5.20. The van der Waals surface area contributed by atoms with Crippen molar-refractivity contribution < 1.29 is 27.3 Å². The summed E-state index contributed by atoms with van der Waals surface area (Å²) in [7, 11) is -4.18. The van der Waals surface area contributed by atoms with Crippen LogP contribution in [0.3, 0.4) is 0 Å². The second kappa shape index (κ2) is 6.97. The van der Waals surface area contributed by atoms with Crippen molar-refractivity contribution >= 4 is 22.1 Å². The van der Waals surface area contributed by atoms with Gasteiger partial charge in [-0.2, -0.15) is 8.42 Å². The van der Waals surface area contributed by atoms with Crippen LogP contribution in [0.1, 0.15) is 6.92 Å². The largest absolute Gasteiger partial charge is 0.460 e. The van der Waals surface area contributed by atoms with Crippen LogP contribution in [0.25, 0.3) is 0 Å². The van der Waals surface area contributed by atoms with Crippen molar-refractivity contribution in [2.75, 3.05) is 25.4 Å². The first-order valence-electron chi connectivity index (χ1n) is 4.95. The molecule has 0 aliphatic rings. The Morgan fingerprint density at radius 1 is 1.39 bits per heavy atom. The minimum Gasteiger partial charge on any atom is -0.460 e. The molecule has 8 nitrogen and oxygen atoms in total. The highest BCUT2D eigenvalue weighted by Crippen LogP contribution is 1.95. The molecule has 0 fully saturated rings. The molecule has 0 spiro atoms. The van der Waals surface area contributed by atoms with E-state index in [1.165, 1.54) is 6.92 Å². The summed E-state index contributed by atoms with van der Waals surface area (Å²) < 4.78 is 34.3. The molecule has 0 heterocycles. The fraction of sp³-hybridized carbons (Fsp3) is 0.556. The Bertz CT molecular complexity index is 430. The van der Waals surface area contributed by atoms with Gasteiger partial charge in [0, 0.05) is 12.1 Å². The van der Waals surface area contributed by atoms with E-state index in [0.29, 0.717) is 0 Å². The first-order chi connectivity index (χ1) is 8.13. The van der Waals surface area contributed by atoms with Crippen molar-refractivity contribution in [3.05, 3.63) is 12.2 Å². The van der Waals surface area contributed by atoms with Crippen molar-refractivity contribution in [1.29, 1.82) is 0 Å². The van der Waals surface area contributed by atoms with Crippen LogP contribution in [0, 0.1) is 0 Å². The predicted octanol–water partition coefficient (Wildman–Crippen LogP) is -0.626. The molecule has 0 radical (unpaired) electrons. The lowest BCUT2D eigenvalue weighted by molar-refractivity contribution is -0.139. The monoisotopic (exact) mass is 280 g/mol. The van der Waals surface area contributed by atoms with E-state index in [9.17, 15) is 18.0 Å². The molecule has 0 rings (SSSR count). The Morgan fingerprint density at radius 3 is 2.33 bits per heavy atom. The number of nitrogens with zero attached hydrogens (tertiary/aromatic N) is 1. The number of esters is 1. The standard InChI is InChI=1S/C9H16N2O6S/c1-7(2)8(12)17-5-3-11(9(10)13)4-6-18(14,15)16/h1,3-6H2,2H3,(H2,10,13)(H,14,15,16). The SMILES string of the molecule is C=C(C)C(=O)OCCN(CCS(=O)(=O)O)C(N)=O. The average molecular weight is 280 g/mol. The van der Waals surface area contributed by atoms with E-state index < -0.39 is 27.9 Å². The third kappa shape index (κ3) is 7.63. The topological polar surface area (TPSA) is 127 Å². The first kappa shape index (κ1) is 16.4. The van der Waals surface area contributed by atoms with Crippen molar-refractivity contribution in [3.8, 4) is 0 Å². The summed E-state index contributed by atoms with van der Waals surface area (Å²) in [6, 6.07) is -0.870. The van der Waals surface area contributed by atoms with Gasteiger partial charge in [0.25, 0.3) is 10.1 Å². The molecule has 0 bridgehead atoms. The number of rotatable bonds is 7. The normalized spacial score (nSPS) is 10.8. The summed E-state index contributed by atoms with van der Waals surface area (Å²) in [5.74, 6) is -1.25. The number of amides is 2. The van der Waals surface area contributed by atoms with Gasteiger partial charge in [-0.25, -0.2) is 9.59 Å². The Balaban J connectivity index is 4.18. The van der Waals surface area contributed by atoms with Gasteiger partial charge in [0.15, 0.2) is 0 Å². The van der Waals surface area contributed by atoms with Crippen molar-refractivity contribution in [2.24, 2.45) is 5.73 Å². The highest BCUT2D eigenvalue weighted by molar-refractivity contribution is 7.85. The third-order valence-corrected chi connectivity index (χ3v) is 2.57. The van der Waals surface area contributed by atoms with Crippen molar-refractivity contribution in [3.63, 3.8) is 0 Å². The lowest BCUT2D eigenvalue weighted by Gasteiger charge is -2.19. The number of carbonyl (C=O) groups excluding carboxylic acids is 2. The Morgan fingerprint density at radius 2 is 1.94 bits per heavy atom. The molecule has 0 aromatic rings. The van der Waals surface area contributed by atoms with Gasteiger partial charge in [-0.3, -0.25) is 4.55 Å². The van der Waals surface area contributed by atoms with Crippen LogP contribution in [0.2, 0.25) is 0 Å². The average Bonchev–Trinajstić information content (AvgIpc) is 2.20. The molecule has 3 N–H and O–H groups in total. The van der Waals surface area contributed by atoms with Crippen LogP contribution >= 0.6 is 0 Å². The van der Waals surface area contributed by atoms with Gasteiger partial charge in [0.05, 0.1) is 12.3 Å². The minimum atomic E-state index is -4.18. The molecule has 2 amide bonds. The van der Waals surface area contributed by atoms with Crippen LogP contribution in [-0.4, -0.2) is 55.3 Å². The van der Waals surface area contributed by atoms with Gasteiger partial charge >= 0.3 is 12.0 Å². The van der Waals surface area contributed by atoms with E-state index in [1.807, 2.05) is 0 Å². The van der Waals surface area contributed by atoms with Crippen LogP contribution < -0.4 is 5.73 Å². The number of primary amides is 1. The summed E-state index contributed by atoms with van der Waals surface area (Å²) in [6.45, 7) is 4.35. The maximum absolute atomic E-state index is 11.0. The van der Waals surface area contributed by atoms with Gasteiger partial charge in [0.1, 0.15) is 6.61 Å². The Labute approximate surface area is 105 Å². The summed E-state index contributed by atoms with van der Waals surface area (Å²) in [6.07, 6.45) is 0. The molecular weight excluding hydrogens is 264 g/mol. The maximum atomic E-state index is 11.0. The second-order valence-electron chi connectivity index (χ2n) is 3.53. The number of carbonyl (C=O) groups is 2. The van der Waals surface area contributed by atoms with E-state index >= 15 is 0 Å². The number of ether oxygens (including phenoxy) is 1. The molecule has 18 heavy (non-hydrogen) atoms. The lowest BCUT2D eigenvalue weighted by atomic mass is 10.4. The smallest absolute Gasteiger partial charge is 0.333 e. The molecule has 0 saturated carbocycles. The summed E-state index contributed by atoms with van der Waals surface area (Å²) in [5, 5.41) is 0. The maximum Gasteiger partial charge on any atom is 0.333 e. The summed E-state index contributed by atoms with van der Waals surface area (Å²) in [4.78, 5) is 22.9. The van der Waals surface area contributed by atoms with Gasteiger partial charge in [-0.15, -0.1) is 0 Å². The molecule has 0 atom stereocenters.